The summed E-state index contributed by atoms with van der Waals surface area (Å²) in [7, 11) is 2.19. The molecule has 0 radical (unpaired) electrons. The number of nitrogens with zero attached hydrogens (tertiary/aromatic N) is 3. The Bertz CT molecular complexity index is 1330. The molecule has 0 spiro atoms. The van der Waals surface area contributed by atoms with Gasteiger partial charge in [0.2, 0.25) is 0 Å². The van der Waals surface area contributed by atoms with E-state index in [0.717, 1.165) is 53.5 Å². The number of likely N-dealkylation sites (tertiary alicyclic amines) is 2. The molecule has 0 amide bonds. The molecule has 2 saturated heterocycles. The lowest BCUT2D eigenvalue weighted by Gasteiger charge is -2.27. The molecule has 220 valence electrons. The summed E-state index contributed by atoms with van der Waals surface area (Å²) in [6.07, 6.45) is 9.34. The molecule has 3 heterocycles. The van der Waals surface area contributed by atoms with Crippen LogP contribution in [0.4, 0.5) is 4.39 Å². The predicted octanol–water partition coefficient (Wildman–Crippen LogP) is 7.72. The average molecular weight is 619 g/mol. The lowest BCUT2D eigenvalue weighted by Crippen LogP contribution is -2.40. The zero-order chi connectivity index (χ0) is 28.9. The van der Waals surface area contributed by atoms with E-state index in [1.807, 2.05) is 29.5 Å². The van der Waals surface area contributed by atoms with Crippen molar-refractivity contribution in [3.05, 3.63) is 85.5 Å². The summed E-state index contributed by atoms with van der Waals surface area (Å²) < 4.78 is 13.3. The van der Waals surface area contributed by atoms with Gasteiger partial charge >= 0.3 is 5.97 Å². The monoisotopic (exact) mass is 617 g/mol. The smallest absolute Gasteiger partial charge is 0.320 e. The van der Waals surface area contributed by atoms with E-state index in [4.69, 9.17) is 23.2 Å². The largest absolute Gasteiger partial charge is 0.480 e. The van der Waals surface area contributed by atoms with Crippen molar-refractivity contribution in [2.24, 2.45) is 5.92 Å². The van der Waals surface area contributed by atoms with Crippen molar-refractivity contribution in [2.45, 2.75) is 62.8 Å². The SMILES string of the molecule is CN1CCC(c2cnc(Cc3ccc(Cl)cc3Cl)s2)CC1.O=C(O)C(CC1CC1)N1CCC(c2cccc(F)c2)C1. The Kier molecular flexibility index (Phi) is 10.4. The van der Waals surface area contributed by atoms with Crippen molar-refractivity contribution in [1.82, 2.24) is 14.8 Å². The Hall–Kier alpha value is -2.03. The molecular weight excluding hydrogens is 580 g/mol. The van der Waals surface area contributed by atoms with Gasteiger partial charge in [-0.05, 0) is 106 Å². The first-order valence-electron chi connectivity index (χ1n) is 14.5. The van der Waals surface area contributed by atoms with Gasteiger partial charge in [0, 0.05) is 34.1 Å². The van der Waals surface area contributed by atoms with E-state index in [1.165, 1.54) is 49.7 Å². The second-order valence-electron chi connectivity index (χ2n) is 11.7. The van der Waals surface area contributed by atoms with Crippen molar-refractivity contribution < 1.29 is 14.3 Å². The summed E-state index contributed by atoms with van der Waals surface area (Å²) in [4.78, 5) is 21.9. The van der Waals surface area contributed by atoms with E-state index in [-0.39, 0.29) is 17.8 Å². The van der Waals surface area contributed by atoms with Crippen molar-refractivity contribution in [1.29, 1.82) is 0 Å². The number of piperidine rings is 1. The van der Waals surface area contributed by atoms with Gasteiger partial charge in [0.05, 0.1) is 5.01 Å². The summed E-state index contributed by atoms with van der Waals surface area (Å²) in [5, 5.41) is 11.9. The standard InChI is InChI=1S/C16H18Cl2N2S.C16H20FNO2/c1-20-6-4-11(5-7-20)15-10-19-16(21-15)8-12-2-3-13(17)9-14(12)18;17-14-3-1-2-12(9-14)13-6-7-18(10-13)15(16(19)20)8-11-4-5-11/h2-3,9-11H,4-8H2,1H3;1-3,9,11,13,15H,4-8,10H2,(H,19,20). The number of halogens is 3. The Morgan fingerprint density at radius 2 is 1.83 bits per heavy atom. The number of benzene rings is 2. The number of rotatable bonds is 8. The third-order valence-corrected chi connectivity index (χ3v) is 10.3. The molecule has 2 aliphatic heterocycles. The van der Waals surface area contributed by atoms with Gasteiger partial charge in [0.1, 0.15) is 11.9 Å². The quantitative estimate of drug-likeness (QED) is 0.280. The fourth-order valence-electron chi connectivity index (χ4n) is 5.89. The van der Waals surface area contributed by atoms with E-state index in [9.17, 15) is 14.3 Å². The van der Waals surface area contributed by atoms with Crippen LogP contribution in [-0.2, 0) is 11.2 Å². The highest BCUT2D eigenvalue weighted by Crippen LogP contribution is 2.37. The average Bonchev–Trinajstić information content (AvgIpc) is 3.43. The molecule has 1 aromatic heterocycles. The minimum absolute atomic E-state index is 0.214. The molecular formula is C32H38Cl2FN3O2S. The topological polar surface area (TPSA) is 56.7 Å². The number of carboxylic acid groups (broad SMARTS) is 1. The van der Waals surface area contributed by atoms with Crippen LogP contribution < -0.4 is 0 Å². The lowest BCUT2D eigenvalue weighted by atomic mass is 9.96. The Balaban J connectivity index is 0.000000165. The van der Waals surface area contributed by atoms with E-state index in [0.29, 0.717) is 16.9 Å². The molecule has 41 heavy (non-hydrogen) atoms. The molecule has 3 aromatic rings. The molecule has 3 fully saturated rings. The number of hydrogen-bond donors (Lipinski definition) is 1. The van der Waals surface area contributed by atoms with Crippen LogP contribution in [0.15, 0.2) is 48.7 Å². The number of hydrogen-bond acceptors (Lipinski definition) is 5. The fourth-order valence-corrected chi connectivity index (χ4v) is 7.48. The predicted molar refractivity (Wildman–Crippen MR) is 165 cm³/mol. The number of aromatic nitrogens is 1. The van der Waals surface area contributed by atoms with Gasteiger partial charge in [-0.2, -0.15) is 0 Å². The highest BCUT2D eigenvalue weighted by Gasteiger charge is 2.37. The van der Waals surface area contributed by atoms with Crippen LogP contribution in [0.5, 0.6) is 0 Å². The second-order valence-corrected chi connectivity index (χ2v) is 13.7. The van der Waals surface area contributed by atoms with Gasteiger partial charge in [-0.3, -0.25) is 9.69 Å². The lowest BCUT2D eigenvalue weighted by molar-refractivity contribution is -0.143. The summed E-state index contributed by atoms with van der Waals surface area (Å²) >= 11 is 14.0. The number of carboxylic acids is 1. The van der Waals surface area contributed by atoms with Gasteiger partial charge in [0.15, 0.2) is 0 Å². The summed E-state index contributed by atoms with van der Waals surface area (Å²) in [5.41, 5.74) is 2.08. The van der Waals surface area contributed by atoms with Crippen molar-refractivity contribution >= 4 is 40.5 Å². The maximum absolute atomic E-state index is 13.3. The molecule has 2 unspecified atom stereocenters. The maximum Gasteiger partial charge on any atom is 0.320 e. The van der Waals surface area contributed by atoms with Crippen molar-refractivity contribution in [3.8, 4) is 0 Å². The summed E-state index contributed by atoms with van der Waals surface area (Å²) in [6.45, 7) is 3.89. The van der Waals surface area contributed by atoms with Crippen LogP contribution in [-0.4, -0.2) is 65.1 Å². The molecule has 5 nitrogen and oxygen atoms in total. The van der Waals surface area contributed by atoms with Crippen molar-refractivity contribution in [3.63, 3.8) is 0 Å². The van der Waals surface area contributed by atoms with E-state index >= 15 is 0 Å². The van der Waals surface area contributed by atoms with E-state index in [2.05, 4.69) is 28.0 Å². The molecule has 9 heteroatoms. The van der Waals surface area contributed by atoms with Crippen LogP contribution in [0.1, 0.15) is 71.4 Å². The van der Waals surface area contributed by atoms with Gasteiger partial charge in [0.25, 0.3) is 0 Å². The van der Waals surface area contributed by atoms with Gasteiger partial charge in [-0.15, -0.1) is 11.3 Å². The molecule has 1 saturated carbocycles. The van der Waals surface area contributed by atoms with E-state index in [1.54, 1.807) is 18.2 Å². The minimum atomic E-state index is -0.711. The Morgan fingerprint density at radius 3 is 2.51 bits per heavy atom. The molecule has 2 aromatic carbocycles. The van der Waals surface area contributed by atoms with Gasteiger partial charge in [-0.25, -0.2) is 9.37 Å². The highest BCUT2D eigenvalue weighted by molar-refractivity contribution is 7.11. The molecule has 1 N–H and O–H groups in total. The zero-order valence-corrected chi connectivity index (χ0v) is 25.8. The van der Waals surface area contributed by atoms with E-state index < -0.39 is 5.97 Å². The van der Waals surface area contributed by atoms with Crippen LogP contribution in [0.2, 0.25) is 10.0 Å². The maximum atomic E-state index is 13.3. The molecule has 1 aliphatic carbocycles. The van der Waals surface area contributed by atoms with Gasteiger partial charge in [-0.1, -0.05) is 54.2 Å². The first-order chi connectivity index (χ1) is 19.7. The molecule has 6 rings (SSSR count). The third kappa shape index (κ3) is 8.51. The molecule has 3 aliphatic rings. The third-order valence-electron chi connectivity index (χ3n) is 8.57. The number of carbonyl (C=O) groups is 1. The minimum Gasteiger partial charge on any atom is -0.480 e. The summed E-state index contributed by atoms with van der Waals surface area (Å²) in [5.74, 6) is 0.606. The Morgan fingerprint density at radius 1 is 1.07 bits per heavy atom. The van der Waals surface area contributed by atoms with Crippen LogP contribution in [0.3, 0.4) is 0 Å². The molecule has 2 atom stereocenters. The van der Waals surface area contributed by atoms with Gasteiger partial charge < -0.3 is 10.0 Å². The van der Waals surface area contributed by atoms with Crippen LogP contribution >= 0.6 is 34.5 Å². The Labute approximate surface area is 256 Å². The highest BCUT2D eigenvalue weighted by atomic mass is 35.5. The number of thiazole rings is 1. The van der Waals surface area contributed by atoms with Crippen LogP contribution in [0, 0.1) is 11.7 Å². The zero-order valence-electron chi connectivity index (χ0n) is 23.4. The first-order valence-corrected chi connectivity index (χ1v) is 16.1. The van der Waals surface area contributed by atoms with Crippen molar-refractivity contribution in [2.75, 3.05) is 33.2 Å². The number of aliphatic carboxylic acids is 1. The summed E-state index contributed by atoms with van der Waals surface area (Å²) in [6, 6.07) is 12.0. The van der Waals surface area contributed by atoms with Crippen LogP contribution in [0.25, 0.3) is 0 Å². The second kappa shape index (κ2) is 14.0. The first kappa shape index (κ1) is 30.4. The molecule has 0 bridgehead atoms. The normalized spacial score (nSPS) is 20.9. The fraction of sp³-hybridized carbons (Fsp3) is 0.500.